The monoisotopic (exact) mass is 582 g/mol. The molecule has 7 heteroatoms. The van der Waals surface area contributed by atoms with E-state index in [1.54, 1.807) is 6.07 Å². The van der Waals surface area contributed by atoms with Crippen LogP contribution in [-0.2, 0) is 4.79 Å². The fourth-order valence-electron chi connectivity index (χ4n) is 5.62. The van der Waals surface area contributed by atoms with Gasteiger partial charge in [0.1, 0.15) is 11.3 Å². The number of nitrogens with one attached hydrogen (secondary N) is 1. The number of ketones is 1. The van der Waals surface area contributed by atoms with Crippen molar-refractivity contribution in [1.82, 2.24) is 5.32 Å². The van der Waals surface area contributed by atoms with Crippen LogP contribution < -0.4 is 10.2 Å². The Morgan fingerprint density at radius 3 is 2.23 bits per heavy atom. The SMILES string of the molecule is CCC(=O)c1c(-c2ccc(C)cc2)oc2cc(N(CC)CC)c(-c3cccc(C(=O)N[C@H](CC(=O)O)CC(C)C)c3)cc12. The maximum Gasteiger partial charge on any atom is 0.305 e. The van der Waals surface area contributed by atoms with Crippen LogP contribution in [0, 0.1) is 12.8 Å². The summed E-state index contributed by atoms with van der Waals surface area (Å²) in [6, 6.07) is 18.9. The number of carbonyl (C=O) groups is 3. The summed E-state index contributed by atoms with van der Waals surface area (Å²) in [6.45, 7) is 13.6. The second-order valence-corrected chi connectivity index (χ2v) is 11.5. The molecule has 0 aliphatic rings. The van der Waals surface area contributed by atoms with Crippen LogP contribution in [0.15, 0.2) is 65.1 Å². The molecule has 1 heterocycles. The van der Waals surface area contributed by atoms with E-state index in [2.05, 4.69) is 24.1 Å². The minimum absolute atomic E-state index is 0.00128. The first-order valence-corrected chi connectivity index (χ1v) is 15.1. The molecule has 0 bridgehead atoms. The van der Waals surface area contributed by atoms with Crippen LogP contribution in [0.1, 0.15) is 80.2 Å². The number of nitrogens with zero attached hydrogens (tertiary/aromatic N) is 1. The van der Waals surface area contributed by atoms with E-state index in [0.717, 1.165) is 46.4 Å². The first-order valence-electron chi connectivity index (χ1n) is 15.1. The highest BCUT2D eigenvalue weighted by molar-refractivity contribution is 6.13. The number of anilines is 1. The summed E-state index contributed by atoms with van der Waals surface area (Å²) in [4.78, 5) is 40.4. The van der Waals surface area contributed by atoms with Gasteiger partial charge in [0.05, 0.1) is 12.0 Å². The Morgan fingerprint density at radius 1 is 0.930 bits per heavy atom. The molecule has 2 N–H and O–H groups in total. The van der Waals surface area contributed by atoms with Crippen molar-refractivity contribution in [2.24, 2.45) is 5.92 Å². The Labute approximate surface area is 253 Å². The molecule has 0 spiro atoms. The number of hydrogen-bond acceptors (Lipinski definition) is 5. The Morgan fingerprint density at radius 2 is 1.63 bits per heavy atom. The molecular weight excluding hydrogens is 540 g/mol. The van der Waals surface area contributed by atoms with Crippen molar-refractivity contribution in [3.63, 3.8) is 0 Å². The van der Waals surface area contributed by atoms with Crippen molar-refractivity contribution in [3.05, 3.63) is 77.4 Å². The summed E-state index contributed by atoms with van der Waals surface area (Å²) in [7, 11) is 0. The van der Waals surface area contributed by atoms with Crippen LogP contribution in [0.25, 0.3) is 33.4 Å². The lowest BCUT2D eigenvalue weighted by Crippen LogP contribution is -2.37. The van der Waals surface area contributed by atoms with E-state index >= 15 is 0 Å². The van der Waals surface area contributed by atoms with Crippen molar-refractivity contribution in [3.8, 4) is 22.5 Å². The van der Waals surface area contributed by atoms with Crippen LogP contribution in [0.4, 0.5) is 5.69 Å². The maximum atomic E-state index is 13.4. The Bertz CT molecular complexity index is 1610. The van der Waals surface area contributed by atoms with E-state index in [0.29, 0.717) is 35.3 Å². The number of benzene rings is 3. The summed E-state index contributed by atoms with van der Waals surface area (Å²) in [5.41, 5.74) is 6.26. The number of fused-ring (bicyclic) bond motifs is 1. The highest BCUT2D eigenvalue weighted by atomic mass is 16.4. The van der Waals surface area contributed by atoms with Gasteiger partial charge in [0.15, 0.2) is 5.78 Å². The van der Waals surface area contributed by atoms with Crippen LogP contribution in [0.5, 0.6) is 0 Å². The summed E-state index contributed by atoms with van der Waals surface area (Å²) in [5, 5.41) is 13.0. The summed E-state index contributed by atoms with van der Waals surface area (Å²) >= 11 is 0. The molecule has 0 aliphatic carbocycles. The van der Waals surface area contributed by atoms with Crippen LogP contribution in [-0.4, -0.2) is 41.9 Å². The van der Waals surface area contributed by atoms with Gasteiger partial charge in [-0.2, -0.15) is 0 Å². The predicted molar refractivity (Wildman–Crippen MR) is 173 cm³/mol. The molecular formula is C36H42N2O5. The van der Waals surface area contributed by atoms with Gasteiger partial charge in [-0.25, -0.2) is 0 Å². The van der Waals surface area contributed by atoms with Crippen molar-refractivity contribution in [1.29, 1.82) is 0 Å². The molecule has 0 unspecified atom stereocenters. The molecule has 3 aromatic carbocycles. The summed E-state index contributed by atoms with van der Waals surface area (Å²) < 4.78 is 6.43. The molecule has 0 saturated carbocycles. The molecule has 1 amide bonds. The normalized spacial score (nSPS) is 12.0. The minimum atomic E-state index is -0.945. The highest BCUT2D eigenvalue weighted by Gasteiger charge is 2.25. The number of furan rings is 1. The van der Waals surface area contributed by atoms with E-state index < -0.39 is 12.0 Å². The number of Topliss-reactive ketones (excluding diaryl/α,β-unsaturated/α-hetero) is 1. The lowest BCUT2D eigenvalue weighted by molar-refractivity contribution is -0.137. The Balaban J connectivity index is 1.87. The molecule has 0 saturated heterocycles. The standard InChI is InChI=1S/C36H42N2O5/c1-7-31(39)34-29-20-28(25-11-10-12-26(18-25)36(42)37-27(17-22(4)5)19-33(40)41)30(38(8-2)9-3)21-32(29)43-35(34)24-15-13-23(6)14-16-24/h10-16,18,20-22,27H,7-9,17,19H2,1-6H3,(H,37,42)(H,40,41)/t27-/m0/s1. The third-order valence-electron chi connectivity index (χ3n) is 7.77. The first-order chi connectivity index (χ1) is 20.6. The average Bonchev–Trinajstić information content (AvgIpc) is 3.35. The van der Waals surface area contributed by atoms with Crippen molar-refractivity contribution in [2.75, 3.05) is 18.0 Å². The zero-order valence-electron chi connectivity index (χ0n) is 26.0. The van der Waals surface area contributed by atoms with Gasteiger partial charge in [-0.05, 0) is 56.9 Å². The molecule has 4 aromatic rings. The molecule has 1 atom stereocenters. The largest absolute Gasteiger partial charge is 0.481 e. The van der Waals surface area contributed by atoms with E-state index in [4.69, 9.17) is 4.42 Å². The summed E-state index contributed by atoms with van der Waals surface area (Å²) in [5.74, 6) is -0.463. The van der Waals surface area contributed by atoms with Crippen molar-refractivity contribution in [2.45, 2.75) is 66.8 Å². The number of carboxylic acid groups (broad SMARTS) is 1. The number of hydrogen-bond donors (Lipinski definition) is 2. The Kier molecular flexibility index (Phi) is 10.1. The molecule has 0 aliphatic heterocycles. The number of aliphatic carboxylic acids is 1. The molecule has 0 fully saturated rings. The number of carbonyl (C=O) groups excluding carboxylic acids is 2. The zero-order chi connectivity index (χ0) is 31.3. The quantitative estimate of drug-likeness (QED) is 0.154. The third kappa shape index (κ3) is 7.16. The number of amides is 1. The van der Waals surface area contributed by atoms with Gasteiger partial charge >= 0.3 is 5.97 Å². The second kappa shape index (κ2) is 13.7. The highest BCUT2D eigenvalue weighted by Crippen LogP contribution is 2.41. The maximum absolute atomic E-state index is 13.4. The van der Waals surface area contributed by atoms with Crippen molar-refractivity contribution < 1.29 is 23.9 Å². The van der Waals surface area contributed by atoms with Crippen LogP contribution >= 0.6 is 0 Å². The number of aryl methyl sites for hydroxylation is 1. The van der Waals surface area contributed by atoms with E-state index in [1.165, 1.54) is 0 Å². The summed E-state index contributed by atoms with van der Waals surface area (Å²) in [6.07, 6.45) is 0.771. The molecule has 226 valence electrons. The van der Waals surface area contributed by atoms with E-state index in [-0.39, 0.29) is 24.0 Å². The van der Waals surface area contributed by atoms with Gasteiger partial charge in [-0.1, -0.05) is 62.7 Å². The van der Waals surface area contributed by atoms with Crippen LogP contribution in [0.3, 0.4) is 0 Å². The first kappa shape index (κ1) is 31.5. The fraction of sp³-hybridized carbons (Fsp3) is 0.361. The van der Waals surface area contributed by atoms with Gasteiger partial charge in [-0.3, -0.25) is 14.4 Å². The van der Waals surface area contributed by atoms with Gasteiger partial charge < -0.3 is 19.7 Å². The Hall–Kier alpha value is -4.39. The molecule has 1 aromatic heterocycles. The number of carboxylic acids is 1. The zero-order valence-corrected chi connectivity index (χ0v) is 26.0. The predicted octanol–water partition coefficient (Wildman–Crippen LogP) is 8.13. The average molecular weight is 583 g/mol. The second-order valence-electron chi connectivity index (χ2n) is 11.5. The minimum Gasteiger partial charge on any atom is -0.481 e. The van der Waals surface area contributed by atoms with Gasteiger partial charge in [0, 0.05) is 59.4 Å². The third-order valence-corrected chi connectivity index (χ3v) is 7.77. The van der Waals surface area contributed by atoms with E-state index in [1.807, 2.05) is 82.3 Å². The molecule has 43 heavy (non-hydrogen) atoms. The molecule has 7 nitrogen and oxygen atoms in total. The van der Waals surface area contributed by atoms with Gasteiger partial charge in [0.2, 0.25) is 0 Å². The van der Waals surface area contributed by atoms with Gasteiger partial charge in [-0.15, -0.1) is 0 Å². The lowest BCUT2D eigenvalue weighted by atomic mass is 9.95. The van der Waals surface area contributed by atoms with Crippen molar-refractivity contribution >= 4 is 34.3 Å². The topological polar surface area (TPSA) is 99.9 Å². The molecule has 4 rings (SSSR count). The molecule has 0 radical (unpaired) electrons. The number of rotatable bonds is 13. The van der Waals surface area contributed by atoms with Gasteiger partial charge in [0.25, 0.3) is 5.91 Å². The van der Waals surface area contributed by atoms with E-state index in [9.17, 15) is 19.5 Å². The van der Waals surface area contributed by atoms with Crippen LogP contribution in [0.2, 0.25) is 0 Å². The fourth-order valence-corrected chi connectivity index (χ4v) is 5.62. The smallest absolute Gasteiger partial charge is 0.305 e. The lowest BCUT2D eigenvalue weighted by Gasteiger charge is -2.25.